The van der Waals surface area contributed by atoms with E-state index in [9.17, 15) is 4.79 Å². The Morgan fingerprint density at radius 3 is 2.06 bits per heavy atom. The monoisotopic (exact) mass is 226 g/mol. The van der Waals surface area contributed by atoms with Gasteiger partial charge >= 0.3 is 0 Å². The van der Waals surface area contributed by atoms with Crippen LogP contribution in [0.25, 0.3) is 0 Å². The van der Waals surface area contributed by atoms with Crippen LogP contribution in [0.3, 0.4) is 0 Å². The molecule has 0 radical (unpaired) electrons. The third kappa shape index (κ3) is 3.78. The van der Waals surface area contributed by atoms with Gasteiger partial charge in [-0.2, -0.15) is 0 Å². The Morgan fingerprint density at radius 1 is 1.19 bits per heavy atom. The van der Waals surface area contributed by atoms with Crippen LogP contribution in [0.4, 0.5) is 0 Å². The van der Waals surface area contributed by atoms with E-state index in [0.717, 1.165) is 11.8 Å². The molecule has 0 bridgehead atoms. The summed E-state index contributed by atoms with van der Waals surface area (Å²) in [6.07, 6.45) is 3.64. The van der Waals surface area contributed by atoms with Gasteiger partial charge in [0.1, 0.15) is 0 Å². The van der Waals surface area contributed by atoms with Gasteiger partial charge in [-0.05, 0) is 37.0 Å². The highest BCUT2D eigenvalue weighted by Crippen LogP contribution is 2.29. The zero-order valence-electron chi connectivity index (χ0n) is 11.0. The van der Waals surface area contributed by atoms with Gasteiger partial charge in [-0.25, -0.2) is 0 Å². The first-order chi connectivity index (χ1) is 7.40. The van der Waals surface area contributed by atoms with Crippen molar-refractivity contribution >= 4 is 5.91 Å². The summed E-state index contributed by atoms with van der Waals surface area (Å²) < 4.78 is 0. The molecule has 0 heterocycles. The standard InChI is InChI=1S/C13H26N2O/c1-8(2)12(13(14)16)15-11-6-9(3)5-10(4)7-11/h8-12,15H,5-7H2,1-4H3,(H2,14,16). The van der Waals surface area contributed by atoms with Crippen LogP contribution in [-0.4, -0.2) is 18.0 Å². The molecular weight excluding hydrogens is 200 g/mol. The van der Waals surface area contributed by atoms with Gasteiger partial charge in [0.05, 0.1) is 6.04 Å². The Hall–Kier alpha value is -0.570. The van der Waals surface area contributed by atoms with Crippen molar-refractivity contribution in [2.45, 2.75) is 59.0 Å². The maximum absolute atomic E-state index is 11.3. The first-order valence-corrected chi connectivity index (χ1v) is 6.45. The van der Waals surface area contributed by atoms with E-state index in [2.05, 4.69) is 19.2 Å². The number of amides is 1. The Morgan fingerprint density at radius 2 is 1.69 bits per heavy atom. The van der Waals surface area contributed by atoms with Crippen molar-refractivity contribution in [3.63, 3.8) is 0 Å². The molecule has 1 aliphatic carbocycles. The van der Waals surface area contributed by atoms with Crippen LogP contribution in [0, 0.1) is 17.8 Å². The zero-order chi connectivity index (χ0) is 12.3. The highest BCUT2D eigenvalue weighted by molar-refractivity contribution is 5.80. The van der Waals surface area contributed by atoms with Crippen LogP contribution < -0.4 is 11.1 Å². The minimum Gasteiger partial charge on any atom is -0.368 e. The smallest absolute Gasteiger partial charge is 0.234 e. The Kier molecular flexibility index (Phi) is 4.78. The summed E-state index contributed by atoms with van der Waals surface area (Å²) in [5, 5.41) is 3.44. The van der Waals surface area contributed by atoms with Crippen molar-refractivity contribution in [2.24, 2.45) is 23.5 Å². The van der Waals surface area contributed by atoms with Gasteiger partial charge in [0.15, 0.2) is 0 Å². The minimum absolute atomic E-state index is 0.178. The Balaban J connectivity index is 2.54. The van der Waals surface area contributed by atoms with Crippen LogP contribution in [0.2, 0.25) is 0 Å². The molecule has 1 fully saturated rings. The number of carbonyl (C=O) groups is 1. The quantitative estimate of drug-likeness (QED) is 0.769. The molecule has 1 aliphatic rings. The van der Waals surface area contributed by atoms with Crippen molar-refractivity contribution in [1.29, 1.82) is 0 Å². The third-order valence-electron chi connectivity index (χ3n) is 3.57. The average molecular weight is 226 g/mol. The van der Waals surface area contributed by atoms with E-state index in [0.29, 0.717) is 6.04 Å². The van der Waals surface area contributed by atoms with Crippen molar-refractivity contribution in [3.05, 3.63) is 0 Å². The summed E-state index contributed by atoms with van der Waals surface area (Å²) in [4.78, 5) is 11.3. The number of primary amides is 1. The highest BCUT2D eigenvalue weighted by atomic mass is 16.1. The first kappa shape index (κ1) is 13.5. The third-order valence-corrected chi connectivity index (χ3v) is 3.57. The zero-order valence-corrected chi connectivity index (χ0v) is 11.0. The maximum atomic E-state index is 11.3. The minimum atomic E-state index is -0.221. The average Bonchev–Trinajstić information content (AvgIpc) is 2.11. The van der Waals surface area contributed by atoms with Crippen molar-refractivity contribution in [1.82, 2.24) is 5.32 Å². The van der Waals surface area contributed by atoms with E-state index in [4.69, 9.17) is 5.73 Å². The summed E-state index contributed by atoms with van der Waals surface area (Å²) in [6, 6.07) is 0.279. The summed E-state index contributed by atoms with van der Waals surface area (Å²) in [5.74, 6) is 1.55. The van der Waals surface area contributed by atoms with E-state index in [1.165, 1.54) is 19.3 Å². The van der Waals surface area contributed by atoms with E-state index in [-0.39, 0.29) is 17.9 Å². The molecule has 3 unspecified atom stereocenters. The first-order valence-electron chi connectivity index (χ1n) is 6.45. The molecule has 94 valence electrons. The molecule has 0 spiro atoms. The Bertz CT molecular complexity index is 230. The molecule has 0 saturated heterocycles. The molecule has 0 aromatic carbocycles. The van der Waals surface area contributed by atoms with Crippen LogP contribution in [0.5, 0.6) is 0 Å². The Labute approximate surface area is 99.2 Å². The van der Waals surface area contributed by atoms with Crippen LogP contribution in [-0.2, 0) is 4.79 Å². The lowest BCUT2D eigenvalue weighted by Crippen LogP contribution is -2.51. The second-order valence-electron chi connectivity index (χ2n) is 5.91. The summed E-state index contributed by atoms with van der Waals surface area (Å²) in [6.45, 7) is 8.66. The van der Waals surface area contributed by atoms with Gasteiger partial charge < -0.3 is 11.1 Å². The van der Waals surface area contributed by atoms with Gasteiger partial charge in [-0.15, -0.1) is 0 Å². The molecule has 3 nitrogen and oxygen atoms in total. The number of hydrogen-bond acceptors (Lipinski definition) is 2. The second kappa shape index (κ2) is 5.67. The molecule has 1 amide bonds. The normalized spacial score (nSPS) is 32.7. The van der Waals surface area contributed by atoms with Crippen LogP contribution in [0.1, 0.15) is 47.0 Å². The lowest BCUT2D eigenvalue weighted by molar-refractivity contribution is -0.121. The number of nitrogens with one attached hydrogen (secondary N) is 1. The van der Waals surface area contributed by atoms with Crippen molar-refractivity contribution in [3.8, 4) is 0 Å². The van der Waals surface area contributed by atoms with Gasteiger partial charge in [-0.3, -0.25) is 4.79 Å². The fourth-order valence-corrected chi connectivity index (χ4v) is 2.94. The predicted octanol–water partition coefficient (Wildman–Crippen LogP) is 1.91. The molecule has 0 aliphatic heterocycles. The molecule has 3 heteroatoms. The van der Waals surface area contributed by atoms with Crippen LogP contribution in [0.15, 0.2) is 0 Å². The summed E-state index contributed by atoms with van der Waals surface area (Å²) in [5.41, 5.74) is 5.42. The number of rotatable bonds is 4. The lowest BCUT2D eigenvalue weighted by Gasteiger charge is -2.35. The SMILES string of the molecule is CC1CC(C)CC(NC(C(N)=O)C(C)C)C1. The molecule has 1 rings (SSSR count). The van der Waals surface area contributed by atoms with E-state index >= 15 is 0 Å². The molecule has 0 aromatic heterocycles. The number of nitrogens with two attached hydrogens (primary N) is 1. The van der Waals surface area contributed by atoms with Gasteiger partial charge in [0.2, 0.25) is 5.91 Å². The molecule has 1 saturated carbocycles. The van der Waals surface area contributed by atoms with E-state index in [1.54, 1.807) is 0 Å². The lowest BCUT2D eigenvalue weighted by atomic mass is 9.80. The second-order valence-corrected chi connectivity index (χ2v) is 5.91. The van der Waals surface area contributed by atoms with E-state index in [1.807, 2.05) is 13.8 Å². The summed E-state index contributed by atoms with van der Waals surface area (Å²) in [7, 11) is 0. The molecule has 3 N–H and O–H groups in total. The molecular formula is C13H26N2O. The molecule has 16 heavy (non-hydrogen) atoms. The number of hydrogen-bond donors (Lipinski definition) is 2. The largest absolute Gasteiger partial charge is 0.368 e. The van der Waals surface area contributed by atoms with Gasteiger partial charge in [0.25, 0.3) is 0 Å². The van der Waals surface area contributed by atoms with Gasteiger partial charge in [0, 0.05) is 6.04 Å². The molecule has 0 aromatic rings. The van der Waals surface area contributed by atoms with E-state index < -0.39 is 0 Å². The van der Waals surface area contributed by atoms with Crippen molar-refractivity contribution < 1.29 is 4.79 Å². The highest BCUT2D eigenvalue weighted by Gasteiger charge is 2.28. The topological polar surface area (TPSA) is 55.1 Å². The molecule has 3 atom stereocenters. The maximum Gasteiger partial charge on any atom is 0.234 e. The fraction of sp³-hybridized carbons (Fsp3) is 0.923. The van der Waals surface area contributed by atoms with Gasteiger partial charge in [-0.1, -0.05) is 27.7 Å². The predicted molar refractivity (Wildman–Crippen MR) is 66.9 cm³/mol. The fourth-order valence-electron chi connectivity index (χ4n) is 2.94. The number of carbonyl (C=O) groups excluding carboxylic acids is 1. The van der Waals surface area contributed by atoms with Crippen LogP contribution >= 0.6 is 0 Å². The summed E-state index contributed by atoms with van der Waals surface area (Å²) >= 11 is 0. The van der Waals surface area contributed by atoms with Crippen molar-refractivity contribution in [2.75, 3.05) is 0 Å².